The Morgan fingerprint density at radius 1 is 1.06 bits per heavy atom. The highest BCUT2D eigenvalue weighted by molar-refractivity contribution is 5.24. The molecule has 1 rings (SSSR count). The van der Waals surface area contributed by atoms with Crippen molar-refractivity contribution in [3.05, 3.63) is 35.1 Å². The molecule has 0 saturated heterocycles. The smallest absolute Gasteiger partial charge is 0.161 e. The van der Waals surface area contributed by atoms with Gasteiger partial charge in [-0.15, -0.1) is 0 Å². The van der Waals surface area contributed by atoms with E-state index in [1.807, 2.05) is 20.8 Å². The first kappa shape index (κ1) is 14.0. The van der Waals surface area contributed by atoms with E-state index in [0.717, 1.165) is 12.5 Å². The fraction of sp³-hybridized carbons (Fsp3) is 0.538. The van der Waals surface area contributed by atoms with E-state index < -0.39 is 17.5 Å². The second kappa shape index (κ2) is 6.05. The van der Waals surface area contributed by atoms with Crippen molar-refractivity contribution in [1.82, 2.24) is 5.32 Å². The lowest BCUT2D eigenvalue weighted by Gasteiger charge is -2.23. The van der Waals surface area contributed by atoms with Crippen molar-refractivity contribution in [2.75, 3.05) is 6.54 Å². The van der Waals surface area contributed by atoms with Gasteiger partial charge in [-0.2, -0.15) is 0 Å². The second-order valence-electron chi connectivity index (χ2n) is 4.46. The van der Waals surface area contributed by atoms with Gasteiger partial charge < -0.3 is 5.32 Å². The van der Waals surface area contributed by atoms with Crippen LogP contribution in [0.5, 0.6) is 0 Å². The first-order chi connectivity index (χ1) is 7.97. The van der Waals surface area contributed by atoms with Crippen LogP contribution in [0.1, 0.15) is 38.8 Å². The van der Waals surface area contributed by atoms with Crippen LogP contribution in [0.2, 0.25) is 0 Å². The molecular formula is C13H18F3N. The number of halogens is 3. The van der Waals surface area contributed by atoms with Crippen LogP contribution in [0.4, 0.5) is 13.2 Å². The predicted octanol–water partition coefficient (Wildman–Crippen LogP) is 3.80. The summed E-state index contributed by atoms with van der Waals surface area (Å²) in [6.45, 7) is 6.52. The van der Waals surface area contributed by atoms with Gasteiger partial charge in [-0.3, -0.25) is 0 Å². The summed E-state index contributed by atoms with van der Waals surface area (Å²) in [6, 6.07) is 1.25. The summed E-state index contributed by atoms with van der Waals surface area (Å²) in [5, 5.41) is 3.14. The molecule has 17 heavy (non-hydrogen) atoms. The van der Waals surface area contributed by atoms with E-state index >= 15 is 0 Å². The monoisotopic (exact) mass is 245 g/mol. The third-order valence-electron chi connectivity index (χ3n) is 2.66. The maximum absolute atomic E-state index is 13.6. The Hall–Kier alpha value is -1.03. The minimum Gasteiger partial charge on any atom is -0.310 e. The zero-order valence-electron chi connectivity index (χ0n) is 10.4. The van der Waals surface area contributed by atoms with E-state index in [0.29, 0.717) is 12.6 Å². The zero-order chi connectivity index (χ0) is 13.0. The Kier molecular flexibility index (Phi) is 5.00. The van der Waals surface area contributed by atoms with Crippen LogP contribution in [-0.2, 0) is 0 Å². The number of hydrogen-bond acceptors (Lipinski definition) is 1. The molecule has 0 amide bonds. The highest BCUT2D eigenvalue weighted by Crippen LogP contribution is 2.26. The van der Waals surface area contributed by atoms with Crippen LogP contribution in [0.25, 0.3) is 0 Å². The van der Waals surface area contributed by atoms with Crippen molar-refractivity contribution in [1.29, 1.82) is 0 Å². The van der Waals surface area contributed by atoms with Crippen LogP contribution in [-0.4, -0.2) is 6.54 Å². The first-order valence-corrected chi connectivity index (χ1v) is 5.85. The standard InChI is InChI=1S/C13H18F3N/c1-4-5-17-13(8(2)3)9-6-11(15)12(16)7-10(9)14/h6-8,13,17H,4-5H2,1-3H3. The molecule has 0 radical (unpaired) electrons. The Balaban J connectivity index is 3.05. The highest BCUT2D eigenvalue weighted by Gasteiger charge is 2.21. The molecule has 0 fully saturated rings. The van der Waals surface area contributed by atoms with Gasteiger partial charge in [0, 0.05) is 17.7 Å². The molecular weight excluding hydrogens is 227 g/mol. The fourth-order valence-electron chi connectivity index (χ4n) is 1.78. The lowest BCUT2D eigenvalue weighted by Crippen LogP contribution is -2.27. The lowest BCUT2D eigenvalue weighted by atomic mass is 9.95. The van der Waals surface area contributed by atoms with Crippen molar-refractivity contribution >= 4 is 0 Å². The van der Waals surface area contributed by atoms with Crippen LogP contribution in [0.3, 0.4) is 0 Å². The SMILES string of the molecule is CCCNC(c1cc(F)c(F)cc1F)C(C)C. The molecule has 1 aromatic rings. The first-order valence-electron chi connectivity index (χ1n) is 5.85. The van der Waals surface area contributed by atoms with Gasteiger partial charge in [-0.05, 0) is 24.9 Å². The van der Waals surface area contributed by atoms with Gasteiger partial charge in [-0.1, -0.05) is 20.8 Å². The summed E-state index contributed by atoms with van der Waals surface area (Å²) in [5.74, 6) is -2.76. The predicted molar refractivity (Wildman–Crippen MR) is 62.2 cm³/mol. The fourth-order valence-corrected chi connectivity index (χ4v) is 1.78. The summed E-state index contributed by atoms with van der Waals surface area (Å²) in [4.78, 5) is 0. The molecule has 1 N–H and O–H groups in total. The molecule has 96 valence electrons. The molecule has 0 spiro atoms. The van der Waals surface area contributed by atoms with E-state index in [2.05, 4.69) is 5.32 Å². The van der Waals surface area contributed by atoms with Gasteiger partial charge in [-0.25, -0.2) is 13.2 Å². The highest BCUT2D eigenvalue weighted by atomic mass is 19.2. The van der Waals surface area contributed by atoms with Crippen LogP contribution in [0, 0.1) is 23.4 Å². The third kappa shape index (κ3) is 3.46. The average Bonchev–Trinajstić information content (AvgIpc) is 2.25. The molecule has 0 aliphatic heterocycles. The molecule has 0 aromatic heterocycles. The van der Waals surface area contributed by atoms with Crippen molar-refractivity contribution in [2.24, 2.45) is 5.92 Å². The van der Waals surface area contributed by atoms with Crippen molar-refractivity contribution in [3.8, 4) is 0 Å². The van der Waals surface area contributed by atoms with E-state index in [1.165, 1.54) is 0 Å². The Labute approximate surface area is 100 Å². The van der Waals surface area contributed by atoms with Gasteiger partial charge in [0.25, 0.3) is 0 Å². The molecule has 1 aromatic carbocycles. The molecule has 0 aliphatic carbocycles. The normalized spacial score (nSPS) is 13.1. The lowest BCUT2D eigenvalue weighted by molar-refractivity contribution is 0.391. The number of benzene rings is 1. The number of nitrogens with one attached hydrogen (secondary N) is 1. The molecule has 1 atom stereocenters. The molecule has 0 saturated carbocycles. The zero-order valence-corrected chi connectivity index (χ0v) is 10.4. The Morgan fingerprint density at radius 3 is 2.18 bits per heavy atom. The van der Waals surface area contributed by atoms with Crippen molar-refractivity contribution in [3.63, 3.8) is 0 Å². The maximum atomic E-state index is 13.6. The second-order valence-corrected chi connectivity index (χ2v) is 4.46. The molecule has 1 unspecified atom stereocenters. The van der Waals surface area contributed by atoms with Gasteiger partial charge in [0.1, 0.15) is 5.82 Å². The summed E-state index contributed by atoms with van der Waals surface area (Å²) < 4.78 is 39.6. The summed E-state index contributed by atoms with van der Waals surface area (Å²) in [7, 11) is 0. The van der Waals surface area contributed by atoms with E-state index in [4.69, 9.17) is 0 Å². The minimum atomic E-state index is -1.15. The molecule has 1 nitrogen and oxygen atoms in total. The summed E-state index contributed by atoms with van der Waals surface area (Å²) >= 11 is 0. The molecule has 0 heterocycles. The van der Waals surface area contributed by atoms with Gasteiger partial charge >= 0.3 is 0 Å². The molecule has 0 aliphatic rings. The Morgan fingerprint density at radius 2 is 1.65 bits per heavy atom. The molecule has 0 bridgehead atoms. The number of rotatable bonds is 5. The number of hydrogen-bond donors (Lipinski definition) is 1. The van der Waals surface area contributed by atoms with E-state index in [9.17, 15) is 13.2 Å². The summed E-state index contributed by atoms with van der Waals surface area (Å²) in [5.41, 5.74) is 0.187. The largest absolute Gasteiger partial charge is 0.310 e. The molecule has 4 heteroatoms. The van der Waals surface area contributed by atoms with E-state index in [-0.39, 0.29) is 17.5 Å². The van der Waals surface area contributed by atoms with Gasteiger partial charge in [0.2, 0.25) is 0 Å². The van der Waals surface area contributed by atoms with Crippen LogP contribution < -0.4 is 5.32 Å². The van der Waals surface area contributed by atoms with Crippen molar-refractivity contribution < 1.29 is 13.2 Å². The quantitative estimate of drug-likeness (QED) is 0.778. The maximum Gasteiger partial charge on any atom is 0.161 e. The topological polar surface area (TPSA) is 12.0 Å². The minimum absolute atomic E-state index is 0.0981. The van der Waals surface area contributed by atoms with Crippen molar-refractivity contribution in [2.45, 2.75) is 33.2 Å². The van der Waals surface area contributed by atoms with Crippen LogP contribution in [0.15, 0.2) is 12.1 Å². The Bertz CT molecular complexity index is 377. The van der Waals surface area contributed by atoms with Gasteiger partial charge in [0.15, 0.2) is 11.6 Å². The summed E-state index contributed by atoms with van der Waals surface area (Å²) in [6.07, 6.45) is 0.897. The van der Waals surface area contributed by atoms with E-state index in [1.54, 1.807) is 0 Å². The van der Waals surface area contributed by atoms with Crippen LogP contribution >= 0.6 is 0 Å². The third-order valence-corrected chi connectivity index (χ3v) is 2.66. The van der Waals surface area contributed by atoms with Gasteiger partial charge in [0.05, 0.1) is 0 Å². The average molecular weight is 245 g/mol.